The van der Waals surface area contributed by atoms with Crippen LogP contribution >= 0.6 is 0 Å². The van der Waals surface area contributed by atoms with Gasteiger partial charge in [-0.15, -0.1) is 0 Å². The second kappa shape index (κ2) is 5.64. The number of carbonyl (C=O) groups is 1. The van der Waals surface area contributed by atoms with Gasteiger partial charge in [0, 0.05) is 6.07 Å². The van der Waals surface area contributed by atoms with Crippen LogP contribution in [-0.2, 0) is 6.54 Å². The summed E-state index contributed by atoms with van der Waals surface area (Å²) in [6, 6.07) is 5.74. The summed E-state index contributed by atoms with van der Waals surface area (Å²) in [5.41, 5.74) is 0.364. The van der Waals surface area contributed by atoms with Crippen molar-refractivity contribution in [2.75, 3.05) is 12.4 Å². The molecule has 0 aliphatic carbocycles. The smallest absolute Gasteiger partial charge is 0.339 e. The molecule has 1 aromatic heterocycles. The molecule has 2 N–H and O–H groups in total. The minimum Gasteiger partial charge on any atom is -0.497 e. The Bertz CT molecular complexity index is 636. The van der Waals surface area contributed by atoms with Gasteiger partial charge in [-0.2, -0.15) is 0 Å². The minimum absolute atomic E-state index is 0.105. The highest BCUT2D eigenvalue weighted by molar-refractivity contribution is 5.88. The maximum absolute atomic E-state index is 13.6. The van der Waals surface area contributed by atoms with Crippen molar-refractivity contribution in [1.29, 1.82) is 0 Å². The van der Waals surface area contributed by atoms with E-state index in [1.165, 1.54) is 31.4 Å². The van der Waals surface area contributed by atoms with E-state index >= 15 is 0 Å². The van der Waals surface area contributed by atoms with Crippen LogP contribution in [0, 0.1) is 12.7 Å². The number of hydrogen-bond donors (Lipinski definition) is 2. The third kappa shape index (κ3) is 2.90. The fourth-order valence-corrected chi connectivity index (χ4v) is 1.79. The highest BCUT2D eigenvalue weighted by Crippen LogP contribution is 2.22. The zero-order chi connectivity index (χ0) is 14.7. The zero-order valence-electron chi connectivity index (χ0n) is 11.1. The number of benzene rings is 1. The van der Waals surface area contributed by atoms with Crippen molar-refractivity contribution in [2.24, 2.45) is 0 Å². The van der Waals surface area contributed by atoms with E-state index in [0.29, 0.717) is 17.3 Å². The van der Waals surface area contributed by atoms with Crippen LogP contribution in [0.1, 0.15) is 21.9 Å². The quantitative estimate of drug-likeness (QED) is 0.880. The van der Waals surface area contributed by atoms with Crippen molar-refractivity contribution in [1.82, 2.24) is 0 Å². The third-order valence-corrected chi connectivity index (χ3v) is 2.83. The van der Waals surface area contributed by atoms with Gasteiger partial charge in [-0.05, 0) is 25.1 Å². The Morgan fingerprint density at radius 2 is 2.20 bits per heavy atom. The van der Waals surface area contributed by atoms with Crippen molar-refractivity contribution in [2.45, 2.75) is 13.5 Å². The summed E-state index contributed by atoms with van der Waals surface area (Å²) in [6.07, 6.45) is 0. The van der Waals surface area contributed by atoms with Crippen molar-refractivity contribution in [3.05, 3.63) is 47.2 Å². The van der Waals surface area contributed by atoms with Crippen molar-refractivity contribution in [3.8, 4) is 5.75 Å². The fraction of sp³-hybridized carbons (Fsp3) is 0.214. The molecule has 0 spiro atoms. The Morgan fingerprint density at radius 3 is 2.80 bits per heavy atom. The number of ether oxygens (including phenoxy) is 1. The number of carboxylic acids is 1. The van der Waals surface area contributed by atoms with E-state index in [2.05, 4.69) is 5.32 Å². The van der Waals surface area contributed by atoms with Gasteiger partial charge in [0.25, 0.3) is 0 Å². The predicted molar refractivity (Wildman–Crippen MR) is 70.7 cm³/mol. The molecular weight excluding hydrogens is 265 g/mol. The molecule has 0 bridgehead atoms. The number of nitrogens with one attached hydrogen (secondary N) is 1. The van der Waals surface area contributed by atoms with Crippen LogP contribution < -0.4 is 10.1 Å². The maximum atomic E-state index is 13.6. The number of aromatic carboxylic acids is 1. The lowest BCUT2D eigenvalue weighted by atomic mass is 10.2. The summed E-state index contributed by atoms with van der Waals surface area (Å²) in [7, 11) is 1.49. The largest absolute Gasteiger partial charge is 0.497 e. The second-order valence-corrected chi connectivity index (χ2v) is 4.19. The molecule has 0 saturated heterocycles. The average molecular weight is 279 g/mol. The number of furan rings is 1. The summed E-state index contributed by atoms with van der Waals surface area (Å²) >= 11 is 0. The first kappa shape index (κ1) is 13.9. The highest BCUT2D eigenvalue weighted by Gasteiger charge is 2.14. The van der Waals surface area contributed by atoms with Crippen molar-refractivity contribution < 1.29 is 23.4 Å². The molecule has 0 amide bonds. The van der Waals surface area contributed by atoms with Gasteiger partial charge >= 0.3 is 5.97 Å². The molecule has 0 radical (unpaired) electrons. The molecule has 1 aromatic carbocycles. The van der Waals surface area contributed by atoms with Crippen molar-refractivity contribution in [3.63, 3.8) is 0 Å². The molecule has 5 nitrogen and oxygen atoms in total. The molecule has 106 valence electrons. The Hall–Kier alpha value is -2.50. The molecule has 0 unspecified atom stereocenters. The maximum Gasteiger partial charge on any atom is 0.339 e. The van der Waals surface area contributed by atoms with E-state index in [1.54, 1.807) is 6.92 Å². The summed E-state index contributed by atoms with van der Waals surface area (Å²) < 4.78 is 23.9. The fourth-order valence-electron chi connectivity index (χ4n) is 1.79. The van der Waals surface area contributed by atoms with Gasteiger partial charge in [0.15, 0.2) is 0 Å². The topological polar surface area (TPSA) is 71.7 Å². The van der Waals surface area contributed by atoms with E-state index in [0.717, 1.165) is 0 Å². The molecule has 6 heteroatoms. The van der Waals surface area contributed by atoms with Crippen LogP contribution in [0.5, 0.6) is 5.75 Å². The van der Waals surface area contributed by atoms with Crippen molar-refractivity contribution >= 4 is 11.7 Å². The Kier molecular flexibility index (Phi) is 3.93. The van der Waals surface area contributed by atoms with Crippen LogP contribution in [0.25, 0.3) is 0 Å². The monoisotopic (exact) mass is 279 g/mol. The standard InChI is InChI=1S/C14H14FNO4/c1-8-11(14(17)18)5-10(20-8)7-16-13-6-9(19-2)3-4-12(13)15/h3-6,16H,7H2,1-2H3,(H,17,18). The van der Waals surface area contributed by atoms with Gasteiger partial charge in [0.05, 0.1) is 19.3 Å². The van der Waals surface area contributed by atoms with Crippen LogP contribution in [0.2, 0.25) is 0 Å². The first-order valence-electron chi connectivity index (χ1n) is 5.91. The number of rotatable bonds is 5. The lowest BCUT2D eigenvalue weighted by Crippen LogP contribution is -2.01. The molecule has 0 atom stereocenters. The minimum atomic E-state index is -1.05. The highest BCUT2D eigenvalue weighted by atomic mass is 19.1. The van der Waals surface area contributed by atoms with Crippen LogP contribution in [-0.4, -0.2) is 18.2 Å². The van der Waals surface area contributed by atoms with E-state index in [9.17, 15) is 9.18 Å². The second-order valence-electron chi connectivity index (χ2n) is 4.19. The number of hydrogen-bond acceptors (Lipinski definition) is 4. The van der Waals surface area contributed by atoms with E-state index in [4.69, 9.17) is 14.3 Å². The average Bonchev–Trinajstić information content (AvgIpc) is 2.79. The Labute approximate surface area is 115 Å². The van der Waals surface area contributed by atoms with Crippen LogP contribution in [0.3, 0.4) is 0 Å². The van der Waals surface area contributed by atoms with E-state index < -0.39 is 11.8 Å². The lowest BCUT2D eigenvalue weighted by molar-refractivity contribution is 0.0695. The molecule has 0 aliphatic heterocycles. The molecule has 0 fully saturated rings. The SMILES string of the molecule is COc1ccc(F)c(NCc2cc(C(=O)O)c(C)o2)c1. The first-order chi connectivity index (χ1) is 9.51. The molecule has 0 aliphatic rings. The van der Waals surface area contributed by atoms with Gasteiger partial charge in [-0.25, -0.2) is 9.18 Å². The molecule has 20 heavy (non-hydrogen) atoms. The Morgan fingerprint density at radius 1 is 1.45 bits per heavy atom. The molecule has 1 heterocycles. The number of aryl methyl sites for hydroxylation is 1. The molecule has 2 aromatic rings. The summed E-state index contributed by atoms with van der Waals surface area (Å²) in [5, 5.41) is 11.8. The molecular formula is C14H14FNO4. The number of methoxy groups -OCH3 is 1. The summed E-state index contributed by atoms with van der Waals surface area (Å²) in [6.45, 7) is 1.75. The van der Waals surface area contributed by atoms with Gasteiger partial charge in [-0.1, -0.05) is 0 Å². The van der Waals surface area contributed by atoms with Gasteiger partial charge in [0.2, 0.25) is 0 Å². The number of carboxylic acid groups (broad SMARTS) is 1. The Balaban J connectivity index is 2.12. The summed E-state index contributed by atoms with van der Waals surface area (Å²) in [5.74, 6) is -0.212. The van der Waals surface area contributed by atoms with E-state index in [-0.39, 0.29) is 17.8 Å². The number of halogens is 1. The zero-order valence-corrected chi connectivity index (χ0v) is 11.1. The van der Waals surface area contributed by atoms with Gasteiger partial charge in [-0.3, -0.25) is 0 Å². The number of anilines is 1. The normalized spacial score (nSPS) is 10.3. The van der Waals surface area contributed by atoms with Crippen LogP contribution in [0.15, 0.2) is 28.7 Å². The lowest BCUT2D eigenvalue weighted by Gasteiger charge is -2.07. The predicted octanol–water partition coefficient (Wildman–Crippen LogP) is 3.05. The van der Waals surface area contributed by atoms with E-state index in [1.807, 2.05) is 0 Å². The van der Waals surface area contributed by atoms with Crippen LogP contribution in [0.4, 0.5) is 10.1 Å². The van der Waals surface area contributed by atoms with Gasteiger partial charge in [0.1, 0.15) is 28.7 Å². The third-order valence-electron chi connectivity index (χ3n) is 2.83. The van der Waals surface area contributed by atoms with Gasteiger partial charge < -0.3 is 19.6 Å². The molecule has 2 rings (SSSR count). The summed E-state index contributed by atoms with van der Waals surface area (Å²) in [4.78, 5) is 10.9. The molecule has 0 saturated carbocycles. The first-order valence-corrected chi connectivity index (χ1v) is 5.91.